The Bertz CT molecular complexity index is 672. The molecule has 0 aliphatic carbocycles. The lowest BCUT2D eigenvalue weighted by molar-refractivity contribution is -0.116. The molecule has 2 aromatic rings. The molecule has 1 N–H and O–H groups in total. The van der Waals surface area contributed by atoms with Crippen molar-refractivity contribution in [2.75, 3.05) is 5.32 Å². The Morgan fingerprint density at radius 3 is 2.82 bits per heavy atom. The summed E-state index contributed by atoms with van der Waals surface area (Å²) >= 11 is 0. The molecular formula is C17H22N4O. The number of amides is 1. The molecule has 116 valence electrons. The van der Waals surface area contributed by atoms with E-state index in [0.29, 0.717) is 12.3 Å². The number of anilines is 1. The molecule has 3 rings (SSSR count). The van der Waals surface area contributed by atoms with Crippen LogP contribution in [0.2, 0.25) is 0 Å². The summed E-state index contributed by atoms with van der Waals surface area (Å²) in [4.78, 5) is 16.6. The van der Waals surface area contributed by atoms with Gasteiger partial charge in [0.15, 0.2) is 0 Å². The predicted molar refractivity (Wildman–Crippen MR) is 85.8 cm³/mol. The first-order valence-corrected chi connectivity index (χ1v) is 7.88. The summed E-state index contributed by atoms with van der Waals surface area (Å²) in [6, 6.07) is 4.12. The molecule has 22 heavy (non-hydrogen) atoms. The van der Waals surface area contributed by atoms with Crippen LogP contribution in [0.5, 0.6) is 0 Å². The fraction of sp³-hybridized carbons (Fsp3) is 0.471. The number of rotatable bonds is 4. The van der Waals surface area contributed by atoms with E-state index in [2.05, 4.69) is 42.2 Å². The predicted octanol–water partition coefficient (Wildman–Crippen LogP) is 2.97. The molecule has 0 fully saturated rings. The van der Waals surface area contributed by atoms with Crippen LogP contribution in [0.25, 0.3) is 0 Å². The monoisotopic (exact) mass is 298 g/mol. The molecule has 0 saturated heterocycles. The number of nitrogens with one attached hydrogen (secondary N) is 1. The number of carbonyl (C=O) groups is 1. The number of nitrogens with zero attached hydrogens (tertiary/aromatic N) is 3. The minimum absolute atomic E-state index is 0.00410. The van der Waals surface area contributed by atoms with Gasteiger partial charge in [0.25, 0.3) is 0 Å². The fourth-order valence-electron chi connectivity index (χ4n) is 2.87. The number of carbonyl (C=O) groups excluding carboxylic acids is 1. The minimum Gasteiger partial charge on any atom is -0.311 e. The lowest BCUT2D eigenvalue weighted by Gasteiger charge is -2.23. The van der Waals surface area contributed by atoms with Gasteiger partial charge >= 0.3 is 0 Å². The topological polar surface area (TPSA) is 59.8 Å². The Kier molecular flexibility index (Phi) is 3.96. The van der Waals surface area contributed by atoms with Gasteiger partial charge in [-0.1, -0.05) is 26.8 Å². The van der Waals surface area contributed by atoms with Crippen molar-refractivity contribution in [3.63, 3.8) is 0 Å². The van der Waals surface area contributed by atoms with Crippen LogP contribution in [0.1, 0.15) is 49.9 Å². The summed E-state index contributed by atoms with van der Waals surface area (Å²) in [5.41, 5.74) is 3.22. The molecule has 2 aromatic heterocycles. The third-order valence-electron chi connectivity index (χ3n) is 4.04. The van der Waals surface area contributed by atoms with Crippen LogP contribution in [0.3, 0.4) is 0 Å². The quantitative estimate of drug-likeness (QED) is 0.944. The van der Waals surface area contributed by atoms with E-state index in [4.69, 9.17) is 0 Å². The van der Waals surface area contributed by atoms with Gasteiger partial charge in [-0.3, -0.25) is 9.78 Å². The van der Waals surface area contributed by atoms with Crippen LogP contribution in [0.15, 0.2) is 24.5 Å². The van der Waals surface area contributed by atoms with Crippen molar-refractivity contribution in [3.05, 3.63) is 41.3 Å². The van der Waals surface area contributed by atoms with E-state index < -0.39 is 0 Å². The lowest BCUT2D eigenvalue weighted by atomic mass is 9.90. The van der Waals surface area contributed by atoms with Crippen molar-refractivity contribution < 1.29 is 4.79 Å². The van der Waals surface area contributed by atoms with Crippen molar-refractivity contribution in [3.8, 4) is 0 Å². The molecule has 1 atom stereocenters. The zero-order chi connectivity index (χ0) is 15.7. The Balaban J connectivity index is 1.97. The smallest absolute Gasteiger partial charge is 0.226 e. The Morgan fingerprint density at radius 1 is 1.36 bits per heavy atom. The molecule has 1 aliphatic heterocycles. The molecular weight excluding hydrogens is 276 g/mol. The summed E-state index contributed by atoms with van der Waals surface area (Å²) < 4.78 is 1.89. The zero-order valence-electron chi connectivity index (χ0n) is 13.3. The largest absolute Gasteiger partial charge is 0.311 e. The summed E-state index contributed by atoms with van der Waals surface area (Å²) in [5, 5.41) is 7.43. The first-order valence-electron chi connectivity index (χ1n) is 7.88. The second-order valence-corrected chi connectivity index (χ2v) is 6.27. The first-order chi connectivity index (χ1) is 10.6. The first kappa shape index (κ1) is 14.8. The summed E-state index contributed by atoms with van der Waals surface area (Å²) in [6.07, 6.45) is 5.17. The number of hydrogen-bond acceptors (Lipinski definition) is 3. The van der Waals surface area contributed by atoms with Gasteiger partial charge in [-0.15, -0.1) is 0 Å². The maximum Gasteiger partial charge on any atom is 0.226 e. The molecule has 5 nitrogen and oxygen atoms in total. The number of fused-ring (bicyclic) bond motifs is 1. The molecule has 0 bridgehead atoms. The Hall–Kier alpha value is -2.17. The average Bonchev–Trinajstić information content (AvgIpc) is 2.89. The third-order valence-corrected chi connectivity index (χ3v) is 4.04. The van der Waals surface area contributed by atoms with Crippen molar-refractivity contribution in [1.29, 1.82) is 0 Å². The van der Waals surface area contributed by atoms with Gasteiger partial charge in [-0.05, 0) is 24.0 Å². The highest BCUT2D eigenvalue weighted by atomic mass is 16.1. The van der Waals surface area contributed by atoms with Gasteiger partial charge in [-0.2, -0.15) is 5.10 Å². The van der Waals surface area contributed by atoms with Gasteiger partial charge in [-0.25, -0.2) is 4.68 Å². The number of aromatic nitrogens is 3. The molecule has 0 spiro atoms. The highest BCUT2D eigenvalue weighted by Gasteiger charge is 2.30. The maximum absolute atomic E-state index is 12.1. The van der Waals surface area contributed by atoms with E-state index in [0.717, 1.165) is 30.0 Å². The lowest BCUT2D eigenvalue weighted by Crippen LogP contribution is -2.25. The van der Waals surface area contributed by atoms with Gasteiger partial charge in [0.2, 0.25) is 5.91 Å². The molecule has 3 heterocycles. The normalized spacial score (nSPS) is 17.5. The minimum atomic E-state index is -0.00410. The number of aryl methyl sites for hydroxylation is 1. The van der Waals surface area contributed by atoms with E-state index in [9.17, 15) is 4.79 Å². The highest BCUT2D eigenvalue weighted by Crippen LogP contribution is 2.36. The van der Waals surface area contributed by atoms with Crippen LogP contribution < -0.4 is 5.32 Å². The van der Waals surface area contributed by atoms with Crippen LogP contribution in [0, 0.1) is 5.92 Å². The van der Waals surface area contributed by atoms with Crippen LogP contribution in [0.4, 0.5) is 5.82 Å². The zero-order valence-corrected chi connectivity index (χ0v) is 13.3. The second-order valence-electron chi connectivity index (χ2n) is 6.27. The standard InChI is InChI=1S/C17H22N4O/c1-4-12-5-6-15(18-8-12)13-7-16(22)20-17-14(13)9-19-21(17)10-11(2)3/h5-6,8-9,11,13H,4,7,10H2,1-3H3,(H,20,22)/t13-/m0/s1. The Labute approximate surface area is 130 Å². The third kappa shape index (κ3) is 2.75. The van der Waals surface area contributed by atoms with Crippen LogP contribution in [-0.2, 0) is 17.8 Å². The SMILES string of the molecule is CCc1ccc([C@H]2CC(=O)Nc3c2cnn3CC(C)C)nc1. The van der Waals surface area contributed by atoms with Crippen LogP contribution in [-0.4, -0.2) is 20.7 Å². The van der Waals surface area contributed by atoms with Crippen molar-refractivity contribution >= 4 is 11.7 Å². The molecule has 1 aliphatic rings. The molecule has 0 aromatic carbocycles. The van der Waals surface area contributed by atoms with Crippen molar-refractivity contribution in [1.82, 2.24) is 14.8 Å². The van der Waals surface area contributed by atoms with Crippen molar-refractivity contribution in [2.45, 2.75) is 46.1 Å². The van der Waals surface area contributed by atoms with E-state index >= 15 is 0 Å². The van der Waals surface area contributed by atoms with Crippen LogP contribution >= 0.6 is 0 Å². The fourth-order valence-corrected chi connectivity index (χ4v) is 2.87. The van der Waals surface area contributed by atoms with Gasteiger partial charge < -0.3 is 5.32 Å². The molecule has 5 heteroatoms. The van der Waals surface area contributed by atoms with Gasteiger partial charge in [0.1, 0.15) is 5.82 Å². The average molecular weight is 298 g/mol. The van der Waals surface area contributed by atoms with Gasteiger partial charge in [0.05, 0.1) is 6.20 Å². The van der Waals surface area contributed by atoms with E-state index in [-0.39, 0.29) is 11.8 Å². The molecule has 1 amide bonds. The van der Waals surface area contributed by atoms with Gasteiger partial charge in [0, 0.05) is 36.3 Å². The van der Waals surface area contributed by atoms with E-state index in [1.807, 2.05) is 23.1 Å². The highest BCUT2D eigenvalue weighted by molar-refractivity contribution is 5.94. The summed E-state index contributed by atoms with van der Waals surface area (Å²) in [7, 11) is 0. The summed E-state index contributed by atoms with van der Waals surface area (Å²) in [5.74, 6) is 1.33. The summed E-state index contributed by atoms with van der Waals surface area (Å²) in [6.45, 7) is 7.19. The second kappa shape index (κ2) is 5.91. The molecule has 0 radical (unpaired) electrons. The van der Waals surface area contributed by atoms with E-state index in [1.165, 1.54) is 5.56 Å². The molecule has 0 saturated carbocycles. The molecule has 0 unspecified atom stereocenters. The number of hydrogen-bond donors (Lipinski definition) is 1. The van der Waals surface area contributed by atoms with Crippen molar-refractivity contribution in [2.24, 2.45) is 5.92 Å². The number of pyridine rings is 1. The van der Waals surface area contributed by atoms with E-state index in [1.54, 1.807) is 0 Å². The maximum atomic E-state index is 12.1. The Morgan fingerprint density at radius 2 is 2.18 bits per heavy atom.